The average Bonchev–Trinajstić information content (AvgIpc) is 3.34. The highest BCUT2D eigenvalue weighted by Gasteiger charge is 2.44. The van der Waals surface area contributed by atoms with E-state index >= 15 is 0 Å². The molecule has 0 aliphatic carbocycles. The second kappa shape index (κ2) is 49.4. The summed E-state index contributed by atoms with van der Waals surface area (Å²) in [4.78, 5) is 12.9. The minimum atomic E-state index is -1.54. The second-order valence-corrected chi connectivity index (χ2v) is 18.6. The van der Waals surface area contributed by atoms with Crippen LogP contribution in [0.4, 0.5) is 0 Å². The Labute approximate surface area is 416 Å². The van der Waals surface area contributed by atoms with Crippen molar-refractivity contribution in [2.75, 3.05) is 26.4 Å². The van der Waals surface area contributed by atoms with E-state index in [0.29, 0.717) is 13.0 Å². The predicted molar refractivity (Wildman–Crippen MR) is 283 cm³/mol. The minimum absolute atomic E-state index is 0.124. The van der Waals surface area contributed by atoms with Crippen LogP contribution in [-0.2, 0) is 23.7 Å². The van der Waals surface area contributed by atoms with Crippen LogP contribution in [0.25, 0.3) is 0 Å². The molecule has 392 valence electrons. The van der Waals surface area contributed by atoms with Gasteiger partial charge in [-0.2, -0.15) is 0 Å². The molecule has 0 aromatic carbocycles. The standard InChI is InChI=1S/C59H102O9/c1-3-5-7-9-11-13-15-17-19-21-23-25-26-27-28-29-30-32-34-36-38-40-42-44-46-48-55(61)67-53(52-66-59-58(64)57(63)56(62)54(50-60)68-59)51-65-49-47-45-43-41-39-37-35-33-31-24-22-20-18-16-14-12-10-8-6-4-2/h6,8,12,14-15,17-18,20-21,23-24,26-27,31,53-54,56-60,62-64H,3-5,7,9-11,13,16,19,22,25,28-30,32-52H2,1-2H3/b8-6-,14-12-,17-15-,20-18-,23-21-,27-26-,31-24-. The van der Waals surface area contributed by atoms with Crippen molar-refractivity contribution in [1.29, 1.82) is 0 Å². The van der Waals surface area contributed by atoms with Crippen molar-refractivity contribution in [3.63, 3.8) is 0 Å². The van der Waals surface area contributed by atoms with Gasteiger partial charge in [0.1, 0.15) is 30.5 Å². The topological polar surface area (TPSA) is 135 Å². The van der Waals surface area contributed by atoms with Crippen molar-refractivity contribution >= 4 is 5.97 Å². The number of rotatable bonds is 47. The molecule has 0 radical (unpaired) electrons. The van der Waals surface area contributed by atoms with Crippen molar-refractivity contribution in [3.05, 3.63) is 85.1 Å². The summed E-state index contributed by atoms with van der Waals surface area (Å²) in [5.74, 6) is -0.323. The number of carbonyl (C=O) groups is 1. The summed E-state index contributed by atoms with van der Waals surface area (Å²) in [6.07, 6.45) is 60.4. The normalized spacial score (nSPS) is 19.8. The van der Waals surface area contributed by atoms with Crippen molar-refractivity contribution in [2.45, 2.75) is 256 Å². The molecule has 6 unspecified atom stereocenters. The van der Waals surface area contributed by atoms with Gasteiger partial charge < -0.3 is 39.4 Å². The summed E-state index contributed by atoms with van der Waals surface area (Å²) in [7, 11) is 0. The zero-order valence-corrected chi connectivity index (χ0v) is 43.3. The quantitative estimate of drug-likeness (QED) is 0.0267. The summed E-state index contributed by atoms with van der Waals surface area (Å²) >= 11 is 0. The molecule has 0 spiro atoms. The smallest absolute Gasteiger partial charge is 0.306 e. The Morgan fingerprint density at radius 1 is 0.485 bits per heavy atom. The van der Waals surface area contributed by atoms with E-state index in [4.69, 9.17) is 18.9 Å². The maximum absolute atomic E-state index is 12.9. The Kier molecular flexibility index (Phi) is 46.0. The van der Waals surface area contributed by atoms with E-state index in [0.717, 1.165) is 83.5 Å². The molecule has 6 atom stereocenters. The van der Waals surface area contributed by atoms with Crippen LogP contribution in [0.2, 0.25) is 0 Å². The number of ether oxygens (including phenoxy) is 4. The minimum Gasteiger partial charge on any atom is -0.457 e. The molecule has 1 fully saturated rings. The van der Waals surface area contributed by atoms with Gasteiger partial charge >= 0.3 is 5.97 Å². The van der Waals surface area contributed by atoms with E-state index in [1.54, 1.807) is 0 Å². The van der Waals surface area contributed by atoms with E-state index in [9.17, 15) is 25.2 Å². The highest BCUT2D eigenvalue weighted by Crippen LogP contribution is 2.23. The lowest BCUT2D eigenvalue weighted by atomic mass is 9.99. The first-order valence-corrected chi connectivity index (χ1v) is 27.7. The van der Waals surface area contributed by atoms with Crippen LogP contribution >= 0.6 is 0 Å². The van der Waals surface area contributed by atoms with E-state index in [-0.39, 0.29) is 19.2 Å². The lowest BCUT2D eigenvalue weighted by Gasteiger charge is -2.39. The molecule has 9 heteroatoms. The lowest BCUT2D eigenvalue weighted by molar-refractivity contribution is -0.305. The van der Waals surface area contributed by atoms with E-state index in [1.165, 1.54) is 116 Å². The Morgan fingerprint density at radius 3 is 1.35 bits per heavy atom. The highest BCUT2D eigenvalue weighted by molar-refractivity contribution is 5.69. The average molecular weight is 955 g/mol. The van der Waals surface area contributed by atoms with Gasteiger partial charge in [-0.25, -0.2) is 0 Å². The molecule has 1 saturated heterocycles. The fourth-order valence-electron chi connectivity index (χ4n) is 8.02. The maximum atomic E-state index is 12.9. The molecule has 0 amide bonds. The lowest BCUT2D eigenvalue weighted by Crippen LogP contribution is -2.59. The molecular weight excluding hydrogens is 853 g/mol. The maximum Gasteiger partial charge on any atom is 0.306 e. The molecule has 0 aromatic rings. The van der Waals surface area contributed by atoms with Crippen molar-refractivity contribution in [3.8, 4) is 0 Å². The first-order valence-electron chi connectivity index (χ1n) is 27.7. The van der Waals surface area contributed by atoms with Gasteiger partial charge in [-0.1, -0.05) is 208 Å². The molecular formula is C59H102O9. The molecule has 1 rings (SSSR count). The third-order valence-corrected chi connectivity index (χ3v) is 12.3. The molecule has 1 aliphatic rings. The molecule has 4 N–H and O–H groups in total. The third-order valence-electron chi connectivity index (χ3n) is 12.3. The van der Waals surface area contributed by atoms with Gasteiger partial charge in [0, 0.05) is 13.0 Å². The highest BCUT2D eigenvalue weighted by atomic mass is 16.7. The van der Waals surface area contributed by atoms with Crippen LogP contribution < -0.4 is 0 Å². The number of aliphatic hydroxyl groups excluding tert-OH is 4. The molecule has 0 bridgehead atoms. The Hall–Kier alpha value is -2.63. The molecule has 0 saturated carbocycles. The van der Waals surface area contributed by atoms with Crippen LogP contribution in [0.3, 0.4) is 0 Å². The van der Waals surface area contributed by atoms with Gasteiger partial charge in [0.25, 0.3) is 0 Å². The van der Waals surface area contributed by atoms with Crippen LogP contribution in [-0.4, -0.2) is 89.6 Å². The number of hydrogen-bond donors (Lipinski definition) is 4. The number of hydrogen-bond acceptors (Lipinski definition) is 9. The predicted octanol–water partition coefficient (Wildman–Crippen LogP) is 14.1. The van der Waals surface area contributed by atoms with Gasteiger partial charge in [-0.15, -0.1) is 0 Å². The van der Waals surface area contributed by atoms with E-state index in [2.05, 4.69) is 98.9 Å². The van der Waals surface area contributed by atoms with Gasteiger partial charge in [-0.3, -0.25) is 4.79 Å². The summed E-state index contributed by atoms with van der Waals surface area (Å²) in [5, 5.41) is 40.3. The van der Waals surface area contributed by atoms with Crippen molar-refractivity contribution < 1.29 is 44.2 Å². The molecule has 1 heterocycles. The van der Waals surface area contributed by atoms with Gasteiger partial charge in [-0.05, 0) is 89.9 Å². The first-order chi connectivity index (χ1) is 33.4. The Balaban J connectivity index is 2.19. The number of unbranched alkanes of at least 4 members (excludes halogenated alkanes) is 22. The molecule has 9 nitrogen and oxygen atoms in total. The van der Waals surface area contributed by atoms with Crippen LogP contribution in [0.15, 0.2) is 85.1 Å². The molecule has 0 aromatic heterocycles. The Morgan fingerprint density at radius 2 is 0.897 bits per heavy atom. The first kappa shape index (κ1) is 63.4. The monoisotopic (exact) mass is 955 g/mol. The van der Waals surface area contributed by atoms with Crippen LogP contribution in [0.5, 0.6) is 0 Å². The molecule has 1 aliphatic heterocycles. The van der Waals surface area contributed by atoms with Gasteiger partial charge in [0.15, 0.2) is 6.29 Å². The largest absolute Gasteiger partial charge is 0.457 e. The zero-order chi connectivity index (χ0) is 49.2. The number of aliphatic hydroxyl groups is 4. The number of esters is 1. The van der Waals surface area contributed by atoms with Crippen molar-refractivity contribution in [2.24, 2.45) is 0 Å². The number of allylic oxidation sites excluding steroid dienone is 14. The SMILES string of the molecule is CC/C=C\C/C=C\C/C=C\C/C=C\CCCCCCCCCOCC(COC1OC(CO)C(O)C(O)C1O)OC(=O)CCCCCCCCCCCC/C=C\C/C=C\C/C=C\CCCCCCC. The van der Waals surface area contributed by atoms with Gasteiger partial charge in [0.2, 0.25) is 0 Å². The van der Waals surface area contributed by atoms with Crippen LogP contribution in [0.1, 0.15) is 219 Å². The summed E-state index contributed by atoms with van der Waals surface area (Å²) in [5.41, 5.74) is 0. The zero-order valence-electron chi connectivity index (χ0n) is 43.3. The summed E-state index contributed by atoms with van der Waals surface area (Å²) in [6.45, 7) is 4.41. The number of carbonyl (C=O) groups excluding carboxylic acids is 1. The summed E-state index contributed by atoms with van der Waals surface area (Å²) in [6, 6.07) is 0. The van der Waals surface area contributed by atoms with Gasteiger partial charge in [0.05, 0.1) is 19.8 Å². The van der Waals surface area contributed by atoms with Crippen molar-refractivity contribution in [1.82, 2.24) is 0 Å². The van der Waals surface area contributed by atoms with E-state index < -0.39 is 43.4 Å². The van der Waals surface area contributed by atoms with E-state index in [1.807, 2.05) is 0 Å². The fraction of sp³-hybridized carbons (Fsp3) is 0.746. The summed E-state index contributed by atoms with van der Waals surface area (Å²) < 4.78 is 22.9. The molecule has 68 heavy (non-hydrogen) atoms. The third kappa shape index (κ3) is 39.1. The Bertz CT molecular complexity index is 1320. The fourth-order valence-corrected chi connectivity index (χ4v) is 8.02. The second-order valence-electron chi connectivity index (χ2n) is 18.6. The van der Waals surface area contributed by atoms with Crippen LogP contribution in [0, 0.1) is 0 Å².